The van der Waals surface area contributed by atoms with Crippen molar-refractivity contribution >= 4 is 22.4 Å². The highest BCUT2D eigenvalue weighted by Gasteiger charge is 2.11. The first-order valence-corrected chi connectivity index (χ1v) is 6.46. The van der Waals surface area contributed by atoms with Crippen LogP contribution in [-0.2, 0) is 0 Å². The molecule has 2 aromatic carbocycles. The molecule has 0 aliphatic heterocycles. The molecule has 0 spiro atoms. The lowest BCUT2D eigenvalue weighted by Gasteiger charge is -2.07. The predicted molar refractivity (Wildman–Crippen MR) is 80.9 cm³/mol. The van der Waals surface area contributed by atoms with Crippen molar-refractivity contribution in [3.8, 4) is 0 Å². The van der Waals surface area contributed by atoms with Gasteiger partial charge in [-0.1, -0.05) is 42.0 Å². The van der Waals surface area contributed by atoms with Gasteiger partial charge in [0.15, 0.2) is 0 Å². The number of aromatic nitrogens is 1. The fraction of sp³-hybridized carbons (Fsp3) is 0.0588. The molecule has 20 heavy (non-hydrogen) atoms. The number of aryl methyl sites for hydroxylation is 1. The third-order valence-corrected chi connectivity index (χ3v) is 3.20. The number of nitrogens with one attached hydrogen (secondary N) is 1. The van der Waals surface area contributed by atoms with Gasteiger partial charge in [0.05, 0.1) is 0 Å². The first kappa shape index (κ1) is 12.4. The highest BCUT2D eigenvalue weighted by Crippen LogP contribution is 2.18. The number of rotatable bonds is 2. The van der Waals surface area contributed by atoms with Crippen LogP contribution in [0.15, 0.2) is 60.8 Å². The Morgan fingerprint density at radius 3 is 2.55 bits per heavy atom. The largest absolute Gasteiger partial charge is 0.321 e. The number of hydrogen-bond acceptors (Lipinski definition) is 2. The molecule has 0 aliphatic rings. The molecule has 0 unspecified atom stereocenters. The summed E-state index contributed by atoms with van der Waals surface area (Å²) in [6, 6.07) is 17.3. The van der Waals surface area contributed by atoms with E-state index >= 15 is 0 Å². The van der Waals surface area contributed by atoms with E-state index in [2.05, 4.69) is 10.3 Å². The number of anilines is 1. The van der Waals surface area contributed by atoms with Gasteiger partial charge < -0.3 is 5.32 Å². The lowest BCUT2D eigenvalue weighted by atomic mass is 10.1. The Morgan fingerprint density at radius 2 is 1.75 bits per heavy atom. The van der Waals surface area contributed by atoms with Gasteiger partial charge >= 0.3 is 0 Å². The van der Waals surface area contributed by atoms with Gasteiger partial charge in [0.2, 0.25) is 0 Å². The van der Waals surface area contributed by atoms with Gasteiger partial charge in [0.1, 0.15) is 5.69 Å². The van der Waals surface area contributed by atoms with E-state index in [9.17, 15) is 4.79 Å². The molecule has 0 atom stereocenters. The number of amides is 1. The monoisotopic (exact) mass is 262 g/mol. The number of benzene rings is 2. The minimum atomic E-state index is -0.189. The van der Waals surface area contributed by atoms with Crippen LogP contribution in [0.5, 0.6) is 0 Å². The van der Waals surface area contributed by atoms with Gasteiger partial charge in [-0.2, -0.15) is 0 Å². The van der Waals surface area contributed by atoms with Gasteiger partial charge in [-0.25, -0.2) is 0 Å². The molecule has 3 nitrogen and oxygen atoms in total. The van der Waals surface area contributed by atoms with Crippen molar-refractivity contribution in [2.24, 2.45) is 0 Å². The maximum absolute atomic E-state index is 12.3. The fourth-order valence-corrected chi connectivity index (χ4v) is 2.13. The van der Waals surface area contributed by atoms with Crippen LogP contribution in [0.2, 0.25) is 0 Å². The normalized spacial score (nSPS) is 10.4. The third-order valence-electron chi connectivity index (χ3n) is 3.20. The topological polar surface area (TPSA) is 42.0 Å². The van der Waals surface area contributed by atoms with Crippen LogP contribution in [0.25, 0.3) is 10.8 Å². The minimum Gasteiger partial charge on any atom is -0.321 e. The van der Waals surface area contributed by atoms with Crippen molar-refractivity contribution in [2.45, 2.75) is 6.92 Å². The molecule has 1 amide bonds. The van der Waals surface area contributed by atoms with Crippen molar-refractivity contribution in [2.75, 3.05) is 5.32 Å². The van der Waals surface area contributed by atoms with Crippen LogP contribution >= 0.6 is 0 Å². The zero-order valence-corrected chi connectivity index (χ0v) is 11.1. The molecule has 3 heteroatoms. The van der Waals surface area contributed by atoms with Crippen molar-refractivity contribution in [3.63, 3.8) is 0 Å². The second-order valence-electron chi connectivity index (χ2n) is 4.70. The molecule has 1 heterocycles. The second kappa shape index (κ2) is 5.13. The highest BCUT2D eigenvalue weighted by atomic mass is 16.1. The lowest BCUT2D eigenvalue weighted by Crippen LogP contribution is -2.14. The zero-order valence-electron chi connectivity index (χ0n) is 11.1. The molecule has 0 aliphatic carbocycles. The number of nitrogens with zero attached hydrogens (tertiary/aromatic N) is 1. The van der Waals surface area contributed by atoms with Crippen molar-refractivity contribution in [1.29, 1.82) is 0 Å². The van der Waals surface area contributed by atoms with Gasteiger partial charge in [-0.05, 0) is 30.5 Å². The van der Waals surface area contributed by atoms with Gasteiger partial charge in [0, 0.05) is 17.3 Å². The van der Waals surface area contributed by atoms with E-state index in [1.165, 1.54) is 0 Å². The van der Waals surface area contributed by atoms with Crippen LogP contribution < -0.4 is 5.32 Å². The van der Waals surface area contributed by atoms with Gasteiger partial charge in [0.25, 0.3) is 5.91 Å². The summed E-state index contributed by atoms with van der Waals surface area (Å²) in [7, 11) is 0. The van der Waals surface area contributed by atoms with E-state index in [-0.39, 0.29) is 5.91 Å². The average molecular weight is 262 g/mol. The summed E-state index contributed by atoms with van der Waals surface area (Å²) in [6.07, 6.45) is 1.66. The summed E-state index contributed by atoms with van der Waals surface area (Å²) in [5, 5.41) is 4.75. The lowest BCUT2D eigenvalue weighted by molar-refractivity contribution is 0.102. The van der Waals surface area contributed by atoms with Gasteiger partial charge in [-0.15, -0.1) is 0 Å². The van der Waals surface area contributed by atoms with E-state index in [0.717, 1.165) is 22.0 Å². The molecule has 0 fully saturated rings. The van der Waals surface area contributed by atoms with Crippen LogP contribution in [0.1, 0.15) is 16.1 Å². The first-order valence-electron chi connectivity index (χ1n) is 6.46. The SMILES string of the molecule is Cc1ccc(NC(=O)c2nccc3ccccc23)cc1. The van der Waals surface area contributed by atoms with Crippen LogP contribution in [-0.4, -0.2) is 10.9 Å². The van der Waals surface area contributed by atoms with Crippen LogP contribution in [0, 0.1) is 6.92 Å². The summed E-state index contributed by atoms with van der Waals surface area (Å²) in [4.78, 5) is 16.5. The molecule has 1 aromatic heterocycles. The number of carbonyl (C=O) groups excluding carboxylic acids is 1. The fourth-order valence-electron chi connectivity index (χ4n) is 2.13. The van der Waals surface area contributed by atoms with E-state index in [4.69, 9.17) is 0 Å². The number of pyridine rings is 1. The Bertz CT molecular complexity index is 758. The predicted octanol–water partition coefficient (Wildman–Crippen LogP) is 3.80. The Hall–Kier alpha value is -2.68. The van der Waals surface area contributed by atoms with Crippen LogP contribution in [0.4, 0.5) is 5.69 Å². The zero-order chi connectivity index (χ0) is 13.9. The first-order chi connectivity index (χ1) is 9.74. The minimum absolute atomic E-state index is 0.189. The standard InChI is InChI=1S/C17H14N2O/c1-12-6-8-14(9-7-12)19-17(20)16-15-5-3-2-4-13(15)10-11-18-16/h2-11H,1H3,(H,19,20). The molecule has 3 aromatic rings. The molecular weight excluding hydrogens is 248 g/mol. The van der Waals surface area contributed by atoms with Crippen molar-refractivity contribution < 1.29 is 4.79 Å². The molecular formula is C17H14N2O. The maximum atomic E-state index is 12.3. The second-order valence-corrected chi connectivity index (χ2v) is 4.70. The molecule has 3 rings (SSSR count). The highest BCUT2D eigenvalue weighted by molar-refractivity contribution is 6.11. The number of fused-ring (bicyclic) bond motifs is 1. The summed E-state index contributed by atoms with van der Waals surface area (Å²) in [5.41, 5.74) is 2.38. The van der Waals surface area contributed by atoms with E-state index < -0.39 is 0 Å². The molecule has 0 bridgehead atoms. The molecule has 98 valence electrons. The smallest absolute Gasteiger partial charge is 0.274 e. The third kappa shape index (κ3) is 2.38. The van der Waals surface area contributed by atoms with Crippen LogP contribution in [0.3, 0.4) is 0 Å². The Balaban J connectivity index is 1.94. The Labute approximate surface area is 117 Å². The molecule has 1 N–H and O–H groups in total. The summed E-state index contributed by atoms with van der Waals surface area (Å²) in [5.74, 6) is -0.189. The molecule has 0 saturated heterocycles. The molecule has 0 saturated carbocycles. The van der Waals surface area contributed by atoms with E-state index in [1.54, 1.807) is 6.20 Å². The number of hydrogen-bond donors (Lipinski definition) is 1. The summed E-state index contributed by atoms with van der Waals surface area (Å²) < 4.78 is 0. The van der Waals surface area contributed by atoms with Crippen molar-refractivity contribution in [1.82, 2.24) is 4.98 Å². The molecule has 0 radical (unpaired) electrons. The summed E-state index contributed by atoms with van der Waals surface area (Å²) in [6.45, 7) is 2.01. The van der Waals surface area contributed by atoms with E-state index in [0.29, 0.717) is 5.69 Å². The number of carbonyl (C=O) groups is 1. The Morgan fingerprint density at radius 1 is 1.00 bits per heavy atom. The van der Waals surface area contributed by atoms with E-state index in [1.807, 2.05) is 61.5 Å². The summed E-state index contributed by atoms with van der Waals surface area (Å²) >= 11 is 0. The average Bonchev–Trinajstić information content (AvgIpc) is 2.49. The maximum Gasteiger partial charge on any atom is 0.274 e. The van der Waals surface area contributed by atoms with Gasteiger partial charge in [-0.3, -0.25) is 9.78 Å². The quantitative estimate of drug-likeness (QED) is 0.763. The van der Waals surface area contributed by atoms with Crippen molar-refractivity contribution in [3.05, 3.63) is 72.1 Å². The Kier molecular flexibility index (Phi) is 3.17.